The van der Waals surface area contributed by atoms with E-state index in [2.05, 4.69) is 4.90 Å². The van der Waals surface area contributed by atoms with E-state index in [-0.39, 0.29) is 5.92 Å². The summed E-state index contributed by atoms with van der Waals surface area (Å²) in [5.41, 5.74) is -0.457. The lowest BCUT2D eigenvalue weighted by Gasteiger charge is -2.47. The van der Waals surface area contributed by atoms with Gasteiger partial charge in [-0.25, -0.2) is 0 Å². The van der Waals surface area contributed by atoms with E-state index in [0.717, 1.165) is 38.8 Å². The Morgan fingerprint density at radius 1 is 1.47 bits per heavy atom. The summed E-state index contributed by atoms with van der Waals surface area (Å²) in [6.45, 7) is 4.07. The summed E-state index contributed by atoms with van der Waals surface area (Å²) in [7, 11) is 0. The van der Waals surface area contributed by atoms with Gasteiger partial charge in [0, 0.05) is 25.6 Å². The Hall–Kier alpha value is -0.610. The van der Waals surface area contributed by atoms with Gasteiger partial charge in [-0.2, -0.15) is 0 Å². The van der Waals surface area contributed by atoms with Crippen molar-refractivity contribution < 1.29 is 15.0 Å². The smallest absolute Gasteiger partial charge is 0.307 e. The molecule has 0 aromatic heterocycles. The Balaban J connectivity index is 1.91. The van der Waals surface area contributed by atoms with Crippen LogP contribution in [0.25, 0.3) is 0 Å². The van der Waals surface area contributed by atoms with E-state index in [1.165, 1.54) is 6.42 Å². The second kappa shape index (κ2) is 4.94. The summed E-state index contributed by atoms with van der Waals surface area (Å²) in [5.74, 6) is -0.690. The molecule has 1 saturated heterocycles. The fourth-order valence-corrected chi connectivity index (χ4v) is 3.27. The quantitative estimate of drug-likeness (QED) is 0.782. The number of carboxylic acids is 1. The molecule has 0 amide bonds. The van der Waals surface area contributed by atoms with Crippen LogP contribution in [0.5, 0.6) is 0 Å². The Labute approximate surface area is 103 Å². The standard InChI is InChI=1S/C13H23NO3/c1-10(12(15)16)8-14-7-6-13(17)5-3-2-4-11(13)9-14/h10-11,17H,2-9H2,1H3,(H,15,16). The molecule has 0 radical (unpaired) electrons. The largest absolute Gasteiger partial charge is 0.481 e. The molecule has 3 unspecified atom stereocenters. The Morgan fingerprint density at radius 2 is 2.24 bits per heavy atom. The number of rotatable bonds is 3. The highest BCUT2D eigenvalue weighted by atomic mass is 16.4. The summed E-state index contributed by atoms with van der Waals surface area (Å²) >= 11 is 0. The first-order valence-corrected chi connectivity index (χ1v) is 6.69. The van der Waals surface area contributed by atoms with E-state index in [1.54, 1.807) is 6.92 Å². The number of aliphatic hydroxyl groups is 1. The first-order valence-electron chi connectivity index (χ1n) is 6.69. The maximum atomic E-state index is 10.8. The van der Waals surface area contributed by atoms with Gasteiger partial charge in [0.1, 0.15) is 0 Å². The zero-order valence-corrected chi connectivity index (χ0v) is 10.6. The van der Waals surface area contributed by atoms with Crippen LogP contribution in [0.4, 0.5) is 0 Å². The van der Waals surface area contributed by atoms with Crippen molar-refractivity contribution in [2.24, 2.45) is 11.8 Å². The predicted octanol–water partition coefficient (Wildman–Crippen LogP) is 1.33. The van der Waals surface area contributed by atoms with Crippen LogP contribution >= 0.6 is 0 Å². The number of fused-ring (bicyclic) bond motifs is 1. The van der Waals surface area contributed by atoms with Crippen LogP contribution in [0.1, 0.15) is 39.0 Å². The maximum Gasteiger partial charge on any atom is 0.307 e. The first kappa shape index (κ1) is 12.8. The SMILES string of the molecule is CC(CN1CCC2(O)CCCCC2C1)C(=O)O. The highest BCUT2D eigenvalue weighted by Crippen LogP contribution is 2.39. The molecule has 2 rings (SSSR count). The van der Waals surface area contributed by atoms with E-state index in [4.69, 9.17) is 5.11 Å². The van der Waals surface area contributed by atoms with Crippen molar-refractivity contribution in [3.05, 3.63) is 0 Å². The summed E-state index contributed by atoms with van der Waals surface area (Å²) in [4.78, 5) is 13.1. The van der Waals surface area contributed by atoms with Crippen LogP contribution in [0.2, 0.25) is 0 Å². The van der Waals surface area contributed by atoms with Crippen molar-refractivity contribution in [2.75, 3.05) is 19.6 Å². The zero-order valence-electron chi connectivity index (χ0n) is 10.6. The molecule has 0 spiro atoms. The van der Waals surface area contributed by atoms with E-state index < -0.39 is 11.6 Å². The monoisotopic (exact) mass is 241 g/mol. The van der Waals surface area contributed by atoms with Gasteiger partial charge in [0.2, 0.25) is 0 Å². The second-order valence-electron chi connectivity index (χ2n) is 5.80. The van der Waals surface area contributed by atoms with Crippen LogP contribution in [-0.2, 0) is 4.79 Å². The predicted molar refractivity (Wildman–Crippen MR) is 64.8 cm³/mol. The van der Waals surface area contributed by atoms with E-state index in [1.807, 2.05) is 0 Å². The highest BCUT2D eigenvalue weighted by Gasteiger charge is 2.42. The van der Waals surface area contributed by atoms with Crippen LogP contribution < -0.4 is 0 Å². The molecule has 0 aromatic rings. The number of hydrogen-bond donors (Lipinski definition) is 2. The van der Waals surface area contributed by atoms with Crippen molar-refractivity contribution in [1.29, 1.82) is 0 Å². The average Bonchev–Trinajstić information content (AvgIpc) is 2.29. The molecule has 98 valence electrons. The Bertz CT molecular complexity index is 294. The third kappa shape index (κ3) is 2.80. The first-order chi connectivity index (χ1) is 8.01. The molecule has 1 aliphatic carbocycles. The highest BCUT2D eigenvalue weighted by molar-refractivity contribution is 5.69. The van der Waals surface area contributed by atoms with Crippen molar-refractivity contribution in [2.45, 2.75) is 44.6 Å². The van der Waals surface area contributed by atoms with Gasteiger partial charge in [-0.3, -0.25) is 4.79 Å². The molecule has 2 aliphatic rings. The topological polar surface area (TPSA) is 60.8 Å². The molecule has 0 bridgehead atoms. The van der Waals surface area contributed by atoms with Crippen LogP contribution in [0.3, 0.4) is 0 Å². The Kier molecular flexibility index (Phi) is 3.73. The lowest BCUT2D eigenvalue weighted by molar-refractivity contribution is -0.143. The van der Waals surface area contributed by atoms with E-state index in [0.29, 0.717) is 12.5 Å². The third-order valence-corrected chi connectivity index (χ3v) is 4.47. The fourth-order valence-electron chi connectivity index (χ4n) is 3.27. The number of hydrogen-bond acceptors (Lipinski definition) is 3. The van der Waals surface area contributed by atoms with Gasteiger partial charge in [0.25, 0.3) is 0 Å². The number of carboxylic acid groups (broad SMARTS) is 1. The number of nitrogens with zero attached hydrogens (tertiary/aromatic N) is 1. The van der Waals surface area contributed by atoms with Crippen molar-refractivity contribution in [3.8, 4) is 0 Å². The van der Waals surface area contributed by atoms with E-state index >= 15 is 0 Å². The molecule has 3 atom stereocenters. The summed E-state index contributed by atoms with van der Waals surface area (Å²) in [5, 5.41) is 19.4. The van der Waals surface area contributed by atoms with Gasteiger partial charge in [-0.15, -0.1) is 0 Å². The van der Waals surface area contributed by atoms with Crippen LogP contribution in [0, 0.1) is 11.8 Å². The summed E-state index contributed by atoms with van der Waals surface area (Å²) in [6.07, 6.45) is 5.17. The van der Waals surface area contributed by atoms with Gasteiger partial charge < -0.3 is 15.1 Å². The van der Waals surface area contributed by atoms with E-state index in [9.17, 15) is 9.90 Å². The zero-order chi connectivity index (χ0) is 12.5. The normalized spacial score (nSPS) is 36.2. The number of likely N-dealkylation sites (tertiary alicyclic amines) is 1. The van der Waals surface area contributed by atoms with Crippen molar-refractivity contribution in [3.63, 3.8) is 0 Å². The summed E-state index contributed by atoms with van der Waals surface area (Å²) < 4.78 is 0. The fraction of sp³-hybridized carbons (Fsp3) is 0.923. The molecule has 4 heteroatoms. The minimum absolute atomic E-state index is 0.315. The maximum absolute atomic E-state index is 10.8. The third-order valence-electron chi connectivity index (χ3n) is 4.47. The molecule has 2 fully saturated rings. The number of aliphatic carboxylic acids is 1. The van der Waals surface area contributed by atoms with Gasteiger partial charge in [0.05, 0.1) is 11.5 Å². The van der Waals surface area contributed by atoms with Gasteiger partial charge in [-0.05, 0) is 19.3 Å². The molecule has 1 heterocycles. The van der Waals surface area contributed by atoms with Gasteiger partial charge in [0.15, 0.2) is 0 Å². The molecule has 2 N–H and O–H groups in total. The molecule has 4 nitrogen and oxygen atoms in total. The molecule has 1 saturated carbocycles. The minimum Gasteiger partial charge on any atom is -0.481 e. The van der Waals surface area contributed by atoms with Crippen LogP contribution in [0.15, 0.2) is 0 Å². The minimum atomic E-state index is -0.727. The van der Waals surface area contributed by atoms with Gasteiger partial charge in [-0.1, -0.05) is 19.8 Å². The molecule has 1 aliphatic heterocycles. The molecule has 0 aromatic carbocycles. The van der Waals surface area contributed by atoms with Crippen molar-refractivity contribution in [1.82, 2.24) is 4.90 Å². The lowest BCUT2D eigenvalue weighted by Crippen LogP contribution is -2.54. The second-order valence-corrected chi connectivity index (χ2v) is 5.80. The number of piperidine rings is 1. The lowest BCUT2D eigenvalue weighted by atomic mass is 9.71. The number of carbonyl (C=O) groups is 1. The van der Waals surface area contributed by atoms with Gasteiger partial charge >= 0.3 is 5.97 Å². The van der Waals surface area contributed by atoms with Crippen LogP contribution in [-0.4, -0.2) is 46.3 Å². The summed E-state index contributed by atoms with van der Waals surface area (Å²) in [6, 6.07) is 0. The molecular weight excluding hydrogens is 218 g/mol. The molecule has 17 heavy (non-hydrogen) atoms. The average molecular weight is 241 g/mol. The van der Waals surface area contributed by atoms with Crippen molar-refractivity contribution >= 4 is 5.97 Å². The molecular formula is C13H23NO3. The Morgan fingerprint density at radius 3 is 2.94 bits per heavy atom.